The molecule has 0 nitrogen and oxygen atoms in total. The first-order valence-corrected chi connectivity index (χ1v) is 15.9. The van der Waals surface area contributed by atoms with Gasteiger partial charge in [0.2, 0.25) is 0 Å². The number of fused-ring (bicyclic) bond motifs is 4. The van der Waals surface area contributed by atoms with E-state index in [1.807, 2.05) is 0 Å². The maximum absolute atomic E-state index is 2.38. The van der Waals surface area contributed by atoms with E-state index in [-0.39, 0.29) is 0 Å². The third kappa shape index (κ3) is 4.47. The molecule has 0 bridgehead atoms. The van der Waals surface area contributed by atoms with E-state index < -0.39 is 0 Å². The van der Waals surface area contributed by atoms with Crippen LogP contribution in [-0.4, -0.2) is 0 Å². The minimum Gasteiger partial charge on any atom is -0.0622 e. The zero-order chi connectivity index (χ0) is 30.5. The Balaban J connectivity index is 1.20. The highest BCUT2D eigenvalue weighted by Crippen LogP contribution is 2.44. The Hall–Kier alpha value is -5.98. The highest BCUT2D eigenvalue weighted by Gasteiger charge is 2.16. The number of benzene rings is 9. The Kier molecular flexibility index (Phi) is 6.25. The van der Waals surface area contributed by atoms with Crippen molar-refractivity contribution >= 4 is 43.1 Å². The molecule has 46 heavy (non-hydrogen) atoms. The minimum absolute atomic E-state index is 1.22. The van der Waals surface area contributed by atoms with Crippen LogP contribution in [0.3, 0.4) is 0 Å². The summed E-state index contributed by atoms with van der Waals surface area (Å²) >= 11 is 0. The molecule has 9 rings (SSSR count). The molecule has 0 saturated heterocycles. The van der Waals surface area contributed by atoms with Crippen LogP contribution in [0, 0.1) is 0 Å². The summed E-state index contributed by atoms with van der Waals surface area (Å²) in [6.07, 6.45) is 0. The van der Waals surface area contributed by atoms with Crippen LogP contribution < -0.4 is 0 Å². The van der Waals surface area contributed by atoms with Crippen molar-refractivity contribution in [3.8, 4) is 44.5 Å². The summed E-state index contributed by atoms with van der Waals surface area (Å²) in [5.41, 5.74) is 9.98. The standard InChI is InChI=1S/C46H30/c1-2-12-33(13-3-1)45-41-17-6-8-19-43(41)46(44-20-9-7-18-42(44)45)39-26-23-32-22-25-38(29-40(32)30-39)36-16-10-15-35(28-36)37-24-21-31-11-4-5-14-34(31)27-37/h1-30H. The molecule has 0 fully saturated rings. The predicted octanol–water partition coefficient (Wildman–Crippen LogP) is 13.0. The lowest BCUT2D eigenvalue weighted by Gasteiger charge is -2.18. The van der Waals surface area contributed by atoms with Gasteiger partial charge in [0.1, 0.15) is 0 Å². The van der Waals surface area contributed by atoms with Gasteiger partial charge >= 0.3 is 0 Å². The Morgan fingerprint density at radius 1 is 0.196 bits per heavy atom. The number of hydrogen-bond donors (Lipinski definition) is 0. The van der Waals surface area contributed by atoms with Gasteiger partial charge < -0.3 is 0 Å². The molecule has 0 unspecified atom stereocenters. The highest BCUT2D eigenvalue weighted by molar-refractivity contribution is 6.21. The van der Waals surface area contributed by atoms with Crippen LogP contribution in [-0.2, 0) is 0 Å². The lowest BCUT2D eigenvalue weighted by atomic mass is 9.85. The summed E-state index contributed by atoms with van der Waals surface area (Å²) in [5, 5.41) is 10.1. The van der Waals surface area contributed by atoms with Crippen molar-refractivity contribution in [2.24, 2.45) is 0 Å². The van der Waals surface area contributed by atoms with Gasteiger partial charge in [-0.3, -0.25) is 0 Å². The first kappa shape index (κ1) is 26.4. The Morgan fingerprint density at radius 2 is 0.587 bits per heavy atom. The fraction of sp³-hybridized carbons (Fsp3) is 0. The molecule has 9 aromatic carbocycles. The molecule has 0 amide bonds. The molecule has 9 aromatic rings. The lowest BCUT2D eigenvalue weighted by molar-refractivity contribution is 1.61. The van der Waals surface area contributed by atoms with Crippen LogP contribution in [0.2, 0.25) is 0 Å². The number of hydrogen-bond acceptors (Lipinski definition) is 0. The topological polar surface area (TPSA) is 0 Å². The van der Waals surface area contributed by atoms with E-state index >= 15 is 0 Å². The molecule has 0 heterocycles. The van der Waals surface area contributed by atoms with Gasteiger partial charge in [-0.1, -0.05) is 158 Å². The molecule has 0 aliphatic carbocycles. The second-order valence-electron chi connectivity index (χ2n) is 12.1. The predicted molar refractivity (Wildman–Crippen MR) is 198 cm³/mol. The molecule has 0 heteroatoms. The van der Waals surface area contributed by atoms with Crippen molar-refractivity contribution in [3.05, 3.63) is 182 Å². The van der Waals surface area contributed by atoms with E-state index in [2.05, 4.69) is 182 Å². The Morgan fingerprint density at radius 3 is 1.20 bits per heavy atom. The molecule has 0 aliphatic heterocycles. The first-order valence-electron chi connectivity index (χ1n) is 15.9. The molecule has 0 saturated carbocycles. The molecular weight excluding hydrogens is 553 g/mol. The molecule has 0 radical (unpaired) electrons. The van der Waals surface area contributed by atoms with Gasteiger partial charge in [0.05, 0.1) is 0 Å². The van der Waals surface area contributed by atoms with Crippen LogP contribution in [0.5, 0.6) is 0 Å². The molecule has 0 N–H and O–H groups in total. The van der Waals surface area contributed by atoms with Crippen LogP contribution in [0.15, 0.2) is 182 Å². The maximum atomic E-state index is 2.38. The van der Waals surface area contributed by atoms with Crippen molar-refractivity contribution in [2.75, 3.05) is 0 Å². The van der Waals surface area contributed by atoms with E-state index in [1.165, 1.54) is 87.6 Å². The number of rotatable bonds is 4. The summed E-state index contributed by atoms with van der Waals surface area (Å²) in [6, 6.07) is 66.6. The van der Waals surface area contributed by atoms with Crippen molar-refractivity contribution in [3.63, 3.8) is 0 Å². The average Bonchev–Trinajstić information content (AvgIpc) is 3.13. The van der Waals surface area contributed by atoms with E-state index in [0.29, 0.717) is 0 Å². The molecule has 0 atom stereocenters. The quantitative estimate of drug-likeness (QED) is 0.181. The largest absolute Gasteiger partial charge is 0.0622 e. The molecule has 214 valence electrons. The van der Waals surface area contributed by atoms with E-state index in [9.17, 15) is 0 Å². The van der Waals surface area contributed by atoms with Crippen molar-refractivity contribution < 1.29 is 0 Å². The average molecular weight is 583 g/mol. The maximum Gasteiger partial charge on any atom is -0.00262 e. The third-order valence-corrected chi connectivity index (χ3v) is 9.40. The van der Waals surface area contributed by atoms with Gasteiger partial charge in [0.15, 0.2) is 0 Å². The lowest BCUT2D eigenvalue weighted by Crippen LogP contribution is -1.91. The summed E-state index contributed by atoms with van der Waals surface area (Å²) in [7, 11) is 0. The van der Waals surface area contributed by atoms with Crippen molar-refractivity contribution in [1.82, 2.24) is 0 Å². The zero-order valence-electron chi connectivity index (χ0n) is 25.3. The summed E-state index contributed by atoms with van der Waals surface area (Å²) in [4.78, 5) is 0. The van der Waals surface area contributed by atoms with Crippen molar-refractivity contribution in [2.45, 2.75) is 0 Å². The van der Waals surface area contributed by atoms with Gasteiger partial charge in [-0.25, -0.2) is 0 Å². The summed E-state index contributed by atoms with van der Waals surface area (Å²) in [6.45, 7) is 0. The molecule has 0 spiro atoms. The van der Waals surface area contributed by atoms with Gasteiger partial charge in [-0.15, -0.1) is 0 Å². The molecule has 0 aromatic heterocycles. The fourth-order valence-corrected chi connectivity index (χ4v) is 7.18. The summed E-state index contributed by atoms with van der Waals surface area (Å²) < 4.78 is 0. The normalized spacial score (nSPS) is 11.5. The van der Waals surface area contributed by atoms with Gasteiger partial charge in [0.25, 0.3) is 0 Å². The van der Waals surface area contributed by atoms with Crippen LogP contribution >= 0.6 is 0 Å². The van der Waals surface area contributed by atoms with Gasteiger partial charge in [-0.2, -0.15) is 0 Å². The monoisotopic (exact) mass is 582 g/mol. The fourth-order valence-electron chi connectivity index (χ4n) is 7.18. The molecule has 0 aliphatic rings. The smallest absolute Gasteiger partial charge is 0.00262 e. The van der Waals surface area contributed by atoms with Gasteiger partial charge in [-0.05, 0) is 112 Å². The Bertz CT molecular complexity index is 2520. The van der Waals surface area contributed by atoms with Crippen LogP contribution in [0.1, 0.15) is 0 Å². The SMILES string of the molecule is c1ccc(-c2c3ccccc3c(-c3ccc4ccc(-c5cccc(-c6ccc7ccccc7c6)c5)cc4c3)c3ccccc23)cc1. The third-order valence-electron chi connectivity index (χ3n) is 9.40. The zero-order valence-corrected chi connectivity index (χ0v) is 25.3. The molecular formula is C46H30. The minimum atomic E-state index is 1.22. The highest BCUT2D eigenvalue weighted by atomic mass is 14.2. The van der Waals surface area contributed by atoms with Crippen LogP contribution in [0.25, 0.3) is 87.6 Å². The second kappa shape index (κ2) is 10.9. The van der Waals surface area contributed by atoms with Crippen LogP contribution in [0.4, 0.5) is 0 Å². The second-order valence-corrected chi connectivity index (χ2v) is 12.1. The van der Waals surface area contributed by atoms with E-state index in [1.54, 1.807) is 0 Å². The van der Waals surface area contributed by atoms with Gasteiger partial charge in [0, 0.05) is 0 Å². The van der Waals surface area contributed by atoms with Crippen molar-refractivity contribution in [1.29, 1.82) is 0 Å². The Labute approximate surface area is 268 Å². The van der Waals surface area contributed by atoms with E-state index in [4.69, 9.17) is 0 Å². The first-order chi connectivity index (χ1) is 22.8. The van der Waals surface area contributed by atoms with E-state index in [0.717, 1.165) is 0 Å². The summed E-state index contributed by atoms with van der Waals surface area (Å²) in [5.74, 6) is 0.